The third kappa shape index (κ3) is 1.69. The number of thiazole rings is 1. The fraction of sp³-hybridized carbons (Fsp3) is 0.0833. The fourth-order valence-corrected chi connectivity index (χ4v) is 2.64. The number of rotatable bonds is 2. The molecule has 0 unspecified atom stereocenters. The van der Waals surface area contributed by atoms with Crippen molar-refractivity contribution in [3.8, 4) is 22.6 Å². The molecule has 0 saturated heterocycles. The maximum absolute atomic E-state index is 4.45. The van der Waals surface area contributed by atoms with Crippen molar-refractivity contribution in [1.29, 1.82) is 0 Å². The van der Waals surface area contributed by atoms with E-state index in [1.807, 2.05) is 30.6 Å². The number of aryl methyl sites for hydroxylation is 1. The van der Waals surface area contributed by atoms with E-state index in [1.165, 1.54) is 6.33 Å². The molecule has 98 valence electrons. The minimum absolute atomic E-state index is 0.744. The zero-order valence-corrected chi connectivity index (χ0v) is 11.3. The minimum atomic E-state index is 0.744. The number of fused-ring (bicyclic) bond motifs is 1. The summed E-state index contributed by atoms with van der Waals surface area (Å²) in [7, 11) is 0. The first-order valence-electron chi connectivity index (χ1n) is 5.94. The molecule has 8 heteroatoms. The number of aromatic amines is 1. The molecule has 0 aliphatic rings. The van der Waals surface area contributed by atoms with E-state index >= 15 is 0 Å². The third-order valence-electron chi connectivity index (χ3n) is 2.96. The summed E-state index contributed by atoms with van der Waals surface area (Å²) in [5.41, 5.74) is 4.04. The van der Waals surface area contributed by atoms with Gasteiger partial charge in [-0.25, -0.2) is 14.5 Å². The topological polar surface area (TPSA) is 84.6 Å². The lowest BCUT2D eigenvalue weighted by Gasteiger charge is -1.99. The number of H-pyrrole nitrogens is 1. The Bertz CT molecular complexity index is 888. The highest BCUT2D eigenvalue weighted by Gasteiger charge is 2.15. The molecule has 0 aliphatic carbocycles. The Balaban J connectivity index is 1.88. The largest absolute Gasteiger partial charge is 0.240 e. The monoisotopic (exact) mass is 283 g/mol. The Morgan fingerprint density at radius 1 is 1.20 bits per heavy atom. The summed E-state index contributed by atoms with van der Waals surface area (Å²) in [5.74, 6) is 0. The van der Waals surface area contributed by atoms with Crippen LogP contribution >= 0.6 is 11.3 Å². The lowest BCUT2D eigenvalue weighted by Crippen LogP contribution is -1.90. The van der Waals surface area contributed by atoms with Crippen LogP contribution in [0.15, 0.2) is 30.0 Å². The van der Waals surface area contributed by atoms with Crippen LogP contribution in [0.25, 0.3) is 28.3 Å². The van der Waals surface area contributed by atoms with Gasteiger partial charge in [0.25, 0.3) is 0 Å². The van der Waals surface area contributed by atoms with Gasteiger partial charge in [-0.1, -0.05) is 0 Å². The molecular weight excluding hydrogens is 274 g/mol. The first-order valence-corrected chi connectivity index (χ1v) is 6.82. The SMILES string of the molecule is Cc1nc(-c2n[nH]nc2-c2ccc3ncnn3c2)cs1. The molecule has 0 aliphatic heterocycles. The molecular formula is C12H9N7S. The van der Waals surface area contributed by atoms with Gasteiger partial charge in [-0.2, -0.15) is 20.5 Å². The lowest BCUT2D eigenvalue weighted by molar-refractivity contribution is 0.938. The van der Waals surface area contributed by atoms with Crippen LogP contribution < -0.4 is 0 Å². The summed E-state index contributed by atoms with van der Waals surface area (Å²) >= 11 is 1.59. The summed E-state index contributed by atoms with van der Waals surface area (Å²) in [6.07, 6.45) is 3.40. The van der Waals surface area contributed by atoms with Gasteiger partial charge in [0.1, 0.15) is 23.4 Å². The predicted octanol–water partition coefficient (Wildman–Crippen LogP) is 1.95. The molecule has 4 heterocycles. The molecule has 0 spiro atoms. The number of nitrogens with one attached hydrogen (secondary N) is 1. The Kier molecular flexibility index (Phi) is 2.36. The summed E-state index contributed by atoms with van der Waals surface area (Å²) in [6.45, 7) is 1.97. The number of hydrogen-bond acceptors (Lipinski definition) is 6. The number of aromatic nitrogens is 7. The van der Waals surface area contributed by atoms with Gasteiger partial charge in [0.15, 0.2) is 5.65 Å². The molecule has 4 aromatic heterocycles. The number of hydrogen-bond donors (Lipinski definition) is 1. The lowest BCUT2D eigenvalue weighted by atomic mass is 10.1. The Morgan fingerprint density at radius 3 is 2.95 bits per heavy atom. The van der Waals surface area contributed by atoms with E-state index in [0.717, 1.165) is 33.3 Å². The van der Waals surface area contributed by atoms with Crippen molar-refractivity contribution in [2.75, 3.05) is 0 Å². The third-order valence-corrected chi connectivity index (χ3v) is 3.73. The molecule has 0 saturated carbocycles. The predicted molar refractivity (Wildman–Crippen MR) is 74.2 cm³/mol. The smallest absolute Gasteiger partial charge is 0.155 e. The average molecular weight is 283 g/mol. The van der Waals surface area contributed by atoms with Gasteiger partial charge in [-0.3, -0.25) is 0 Å². The van der Waals surface area contributed by atoms with Crippen LogP contribution in [0.4, 0.5) is 0 Å². The molecule has 0 radical (unpaired) electrons. The summed E-state index contributed by atoms with van der Waals surface area (Å²) < 4.78 is 1.71. The zero-order chi connectivity index (χ0) is 13.5. The molecule has 0 aromatic carbocycles. The van der Waals surface area contributed by atoms with Crippen LogP contribution in [0.2, 0.25) is 0 Å². The summed E-state index contributed by atoms with van der Waals surface area (Å²) in [5, 5.41) is 18.2. The first kappa shape index (κ1) is 11.2. The van der Waals surface area contributed by atoms with Gasteiger partial charge in [-0.05, 0) is 19.1 Å². The molecule has 0 fully saturated rings. The summed E-state index contributed by atoms with van der Waals surface area (Å²) in [4.78, 5) is 8.58. The van der Waals surface area contributed by atoms with Crippen LogP contribution in [0.1, 0.15) is 5.01 Å². The van der Waals surface area contributed by atoms with E-state index in [1.54, 1.807) is 15.9 Å². The molecule has 4 aromatic rings. The normalized spacial score (nSPS) is 11.2. The number of nitrogens with zero attached hydrogens (tertiary/aromatic N) is 6. The van der Waals surface area contributed by atoms with Gasteiger partial charge in [-0.15, -0.1) is 11.3 Å². The molecule has 20 heavy (non-hydrogen) atoms. The highest BCUT2D eigenvalue weighted by atomic mass is 32.1. The first-order chi connectivity index (χ1) is 9.81. The van der Waals surface area contributed by atoms with Crippen LogP contribution in [0.5, 0.6) is 0 Å². The van der Waals surface area contributed by atoms with E-state index in [4.69, 9.17) is 0 Å². The van der Waals surface area contributed by atoms with Gasteiger partial charge in [0.05, 0.1) is 5.01 Å². The van der Waals surface area contributed by atoms with Crippen LogP contribution in [0.3, 0.4) is 0 Å². The Morgan fingerprint density at radius 2 is 2.10 bits per heavy atom. The van der Waals surface area contributed by atoms with Crippen LogP contribution in [-0.2, 0) is 0 Å². The molecule has 0 atom stereocenters. The van der Waals surface area contributed by atoms with E-state index in [9.17, 15) is 0 Å². The molecule has 0 amide bonds. The molecule has 1 N–H and O–H groups in total. The van der Waals surface area contributed by atoms with E-state index in [2.05, 4.69) is 30.5 Å². The van der Waals surface area contributed by atoms with Gasteiger partial charge >= 0.3 is 0 Å². The highest BCUT2D eigenvalue weighted by molar-refractivity contribution is 7.09. The minimum Gasteiger partial charge on any atom is -0.240 e. The van der Waals surface area contributed by atoms with Crippen molar-refractivity contribution in [2.45, 2.75) is 6.92 Å². The second kappa shape index (κ2) is 4.20. The van der Waals surface area contributed by atoms with Crippen molar-refractivity contribution < 1.29 is 0 Å². The second-order valence-corrected chi connectivity index (χ2v) is 5.32. The Labute approximate surface area is 117 Å². The van der Waals surface area contributed by atoms with E-state index in [0.29, 0.717) is 0 Å². The highest BCUT2D eigenvalue weighted by Crippen LogP contribution is 2.28. The van der Waals surface area contributed by atoms with E-state index in [-0.39, 0.29) is 0 Å². The van der Waals surface area contributed by atoms with E-state index < -0.39 is 0 Å². The fourth-order valence-electron chi connectivity index (χ4n) is 2.04. The number of pyridine rings is 1. The van der Waals surface area contributed by atoms with Gasteiger partial charge in [0.2, 0.25) is 0 Å². The quantitative estimate of drug-likeness (QED) is 0.607. The maximum atomic E-state index is 4.45. The zero-order valence-electron chi connectivity index (χ0n) is 10.5. The second-order valence-electron chi connectivity index (χ2n) is 4.25. The summed E-state index contributed by atoms with van der Waals surface area (Å²) in [6, 6.07) is 3.84. The Hall–Kier alpha value is -2.61. The van der Waals surface area contributed by atoms with Gasteiger partial charge < -0.3 is 0 Å². The average Bonchev–Trinajstić information content (AvgIpc) is 3.17. The van der Waals surface area contributed by atoms with Crippen molar-refractivity contribution in [3.05, 3.63) is 35.0 Å². The van der Waals surface area contributed by atoms with Crippen molar-refractivity contribution >= 4 is 17.0 Å². The maximum Gasteiger partial charge on any atom is 0.155 e. The van der Waals surface area contributed by atoms with Crippen LogP contribution in [0, 0.1) is 6.92 Å². The van der Waals surface area contributed by atoms with Crippen molar-refractivity contribution in [1.82, 2.24) is 35.0 Å². The molecule has 0 bridgehead atoms. The molecule has 7 nitrogen and oxygen atoms in total. The standard InChI is InChI=1S/C12H9N7S/c1-7-15-9(5-20-7)12-11(16-18-17-12)8-2-3-10-13-6-14-19(10)4-8/h2-6H,1H3,(H,16,17,18). The van der Waals surface area contributed by atoms with Crippen molar-refractivity contribution in [2.24, 2.45) is 0 Å². The van der Waals surface area contributed by atoms with Crippen LogP contribution in [-0.4, -0.2) is 35.0 Å². The van der Waals surface area contributed by atoms with Gasteiger partial charge in [0, 0.05) is 17.1 Å². The molecule has 4 rings (SSSR count). The van der Waals surface area contributed by atoms with Crippen molar-refractivity contribution in [3.63, 3.8) is 0 Å².